The van der Waals surface area contributed by atoms with E-state index in [0.29, 0.717) is 0 Å². The first kappa shape index (κ1) is 17.2. The Kier molecular flexibility index (Phi) is 4.80. The van der Waals surface area contributed by atoms with Crippen LogP contribution in [0.3, 0.4) is 0 Å². The highest BCUT2D eigenvalue weighted by Crippen LogP contribution is 2.23. The maximum absolute atomic E-state index is 12.2. The lowest BCUT2D eigenvalue weighted by Gasteiger charge is -1.97. The van der Waals surface area contributed by atoms with Crippen LogP contribution in [-0.4, -0.2) is 21.7 Å². The first-order valence-electron chi connectivity index (χ1n) is 8.56. The average molecular weight is 374 g/mol. The van der Waals surface area contributed by atoms with E-state index < -0.39 is 0 Å². The van der Waals surface area contributed by atoms with Crippen LogP contribution < -0.4 is 5.43 Å². The third-order valence-corrected chi connectivity index (χ3v) is 5.18. The van der Waals surface area contributed by atoms with E-state index >= 15 is 0 Å². The Labute approximate surface area is 161 Å². The lowest BCUT2D eigenvalue weighted by Crippen LogP contribution is -2.19. The summed E-state index contributed by atoms with van der Waals surface area (Å²) in [5.41, 5.74) is 6.49. The van der Waals surface area contributed by atoms with Crippen LogP contribution in [0.2, 0.25) is 0 Å². The number of aryl methyl sites for hydroxylation is 1. The summed E-state index contributed by atoms with van der Waals surface area (Å²) in [5, 5.41) is 8.03. The van der Waals surface area contributed by atoms with Crippen molar-refractivity contribution in [3.63, 3.8) is 0 Å². The Morgan fingerprint density at radius 2 is 1.96 bits per heavy atom. The van der Waals surface area contributed by atoms with Gasteiger partial charge >= 0.3 is 0 Å². The minimum absolute atomic E-state index is 0.184. The molecule has 2 aromatic heterocycles. The summed E-state index contributed by atoms with van der Waals surface area (Å²) in [4.78, 5) is 16.7. The number of fused-ring (bicyclic) bond motifs is 1. The van der Waals surface area contributed by atoms with E-state index in [1.165, 1.54) is 11.3 Å². The van der Waals surface area contributed by atoms with Crippen LogP contribution in [0.5, 0.6) is 0 Å². The number of carbonyl (C=O) groups excluding carboxylic acids is 1. The van der Waals surface area contributed by atoms with Gasteiger partial charge in [-0.25, -0.2) is 10.4 Å². The van der Waals surface area contributed by atoms with E-state index in [4.69, 9.17) is 0 Å². The molecule has 2 aromatic carbocycles. The third-order valence-electron chi connectivity index (χ3n) is 4.23. The van der Waals surface area contributed by atoms with E-state index in [1.54, 1.807) is 6.21 Å². The fourth-order valence-electron chi connectivity index (χ4n) is 2.96. The molecule has 6 heteroatoms. The second-order valence-electron chi connectivity index (χ2n) is 6.19. The molecule has 0 atom stereocenters. The molecule has 4 rings (SSSR count). The molecule has 2 heterocycles. The highest BCUT2D eigenvalue weighted by molar-refractivity contribution is 7.13. The highest BCUT2D eigenvalue weighted by atomic mass is 32.1. The lowest BCUT2D eigenvalue weighted by molar-refractivity contribution is -0.120. The number of rotatable bonds is 5. The van der Waals surface area contributed by atoms with Gasteiger partial charge in [0.15, 0.2) is 0 Å². The summed E-state index contributed by atoms with van der Waals surface area (Å²) in [7, 11) is 1.99. The number of amides is 1. The number of nitrogens with zero attached hydrogens (tertiary/aromatic N) is 3. The number of para-hydroxylation sites is 1. The first-order chi connectivity index (χ1) is 13.2. The number of aromatic nitrogens is 2. The van der Waals surface area contributed by atoms with Crippen LogP contribution in [0.1, 0.15) is 11.3 Å². The van der Waals surface area contributed by atoms with Gasteiger partial charge in [0, 0.05) is 40.7 Å². The summed E-state index contributed by atoms with van der Waals surface area (Å²) < 4.78 is 2.04. The molecule has 0 spiro atoms. The van der Waals surface area contributed by atoms with Crippen molar-refractivity contribution in [2.24, 2.45) is 12.1 Å². The monoisotopic (exact) mass is 374 g/mol. The Morgan fingerprint density at radius 1 is 1.19 bits per heavy atom. The molecule has 1 N–H and O–H groups in total. The van der Waals surface area contributed by atoms with Crippen molar-refractivity contribution in [3.05, 3.63) is 77.4 Å². The van der Waals surface area contributed by atoms with Crippen molar-refractivity contribution in [2.75, 3.05) is 0 Å². The molecule has 0 aliphatic heterocycles. The van der Waals surface area contributed by atoms with Gasteiger partial charge in [0.1, 0.15) is 5.01 Å². The molecule has 0 radical (unpaired) electrons. The third kappa shape index (κ3) is 3.80. The predicted molar refractivity (Wildman–Crippen MR) is 110 cm³/mol. The lowest BCUT2D eigenvalue weighted by atomic mass is 10.2. The highest BCUT2D eigenvalue weighted by Gasteiger charge is 2.09. The van der Waals surface area contributed by atoms with Gasteiger partial charge in [-0.1, -0.05) is 48.5 Å². The number of hydrogen-bond donors (Lipinski definition) is 1. The number of thiazole rings is 1. The van der Waals surface area contributed by atoms with Crippen LogP contribution in [0.4, 0.5) is 0 Å². The van der Waals surface area contributed by atoms with Gasteiger partial charge in [-0.15, -0.1) is 11.3 Å². The molecule has 0 saturated heterocycles. The second kappa shape index (κ2) is 7.55. The van der Waals surface area contributed by atoms with Gasteiger partial charge in [0.05, 0.1) is 18.3 Å². The van der Waals surface area contributed by atoms with E-state index in [2.05, 4.69) is 21.6 Å². The molecule has 0 aliphatic rings. The number of hydrogen-bond acceptors (Lipinski definition) is 4. The number of carbonyl (C=O) groups is 1. The molecule has 5 nitrogen and oxygen atoms in total. The molecule has 1 amide bonds. The van der Waals surface area contributed by atoms with Crippen LogP contribution in [0.15, 0.2) is 71.3 Å². The SMILES string of the molecule is Cn1cc(C=NNC(=O)Cc2csc(-c3ccccc3)n2)c2ccccc21. The zero-order valence-electron chi connectivity index (χ0n) is 14.8. The van der Waals surface area contributed by atoms with Crippen LogP contribution >= 0.6 is 11.3 Å². The molecular weight excluding hydrogens is 356 g/mol. The van der Waals surface area contributed by atoms with E-state index in [1.807, 2.05) is 71.7 Å². The number of nitrogens with one attached hydrogen (secondary N) is 1. The van der Waals surface area contributed by atoms with E-state index in [-0.39, 0.29) is 12.3 Å². The van der Waals surface area contributed by atoms with E-state index in [0.717, 1.165) is 32.7 Å². The summed E-state index contributed by atoms with van der Waals surface area (Å²) in [5.74, 6) is -0.184. The Hall–Kier alpha value is -3.25. The Bertz CT molecular complexity index is 1110. The smallest absolute Gasteiger partial charge is 0.246 e. The number of benzene rings is 2. The standard InChI is InChI=1S/C21H18N4OS/c1-25-13-16(18-9-5-6-10-19(18)25)12-22-24-20(26)11-17-14-27-21(23-17)15-7-3-2-4-8-15/h2-10,12-14H,11H2,1H3,(H,24,26). The van der Waals surface area contributed by atoms with Gasteiger partial charge < -0.3 is 4.57 Å². The van der Waals surface area contributed by atoms with Crippen molar-refractivity contribution in [1.29, 1.82) is 0 Å². The zero-order chi connectivity index (χ0) is 18.6. The van der Waals surface area contributed by atoms with Gasteiger partial charge in [-0.3, -0.25) is 4.79 Å². The minimum atomic E-state index is -0.184. The zero-order valence-corrected chi connectivity index (χ0v) is 15.6. The maximum atomic E-state index is 12.2. The normalized spacial score (nSPS) is 11.3. The fourth-order valence-corrected chi connectivity index (χ4v) is 3.78. The molecule has 134 valence electrons. The quantitative estimate of drug-likeness (QED) is 0.424. The number of hydrazone groups is 1. The molecule has 0 bridgehead atoms. The Balaban J connectivity index is 1.40. The first-order valence-corrected chi connectivity index (χ1v) is 9.44. The van der Waals surface area contributed by atoms with Crippen LogP contribution in [0.25, 0.3) is 21.5 Å². The summed E-state index contributed by atoms with van der Waals surface area (Å²) in [6.07, 6.45) is 3.87. The second-order valence-corrected chi connectivity index (χ2v) is 7.05. The van der Waals surface area contributed by atoms with Crippen LogP contribution in [-0.2, 0) is 18.3 Å². The van der Waals surface area contributed by atoms with E-state index in [9.17, 15) is 4.79 Å². The van der Waals surface area contributed by atoms with Crippen molar-refractivity contribution in [1.82, 2.24) is 15.0 Å². The summed E-state index contributed by atoms with van der Waals surface area (Å²) in [6, 6.07) is 18.0. The summed E-state index contributed by atoms with van der Waals surface area (Å²) in [6.45, 7) is 0. The fraction of sp³-hybridized carbons (Fsp3) is 0.0952. The molecule has 0 aliphatic carbocycles. The topological polar surface area (TPSA) is 59.3 Å². The molecule has 27 heavy (non-hydrogen) atoms. The van der Waals surface area contributed by atoms with Gasteiger partial charge in [0.25, 0.3) is 0 Å². The molecule has 4 aromatic rings. The Morgan fingerprint density at radius 3 is 2.81 bits per heavy atom. The molecule has 0 fully saturated rings. The molecular formula is C21H18N4OS. The van der Waals surface area contributed by atoms with Crippen molar-refractivity contribution >= 4 is 34.4 Å². The molecule has 0 saturated carbocycles. The average Bonchev–Trinajstić information content (AvgIpc) is 3.28. The van der Waals surface area contributed by atoms with Crippen molar-refractivity contribution < 1.29 is 4.79 Å². The summed E-state index contributed by atoms with van der Waals surface area (Å²) >= 11 is 1.54. The van der Waals surface area contributed by atoms with Crippen molar-refractivity contribution in [2.45, 2.75) is 6.42 Å². The predicted octanol–water partition coefficient (Wildman–Crippen LogP) is 3.99. The van der Waals surface area contributed by atoms with Gasteiger partial charge in [-0.05, 0) is 6.07 Å². The largest absolute Gasteiger partial charge is 0.350 e. The maximum Gasteiger partial charge on any atom is 0.246 e. The van der Waals surface area contributed by atoms with Gasteiger partial charge in [-0.2, -0.15) is 5.10 Å². The molecule has 0 unspecified atom stereocenters. The van der Waals surface area contributed by atoms with Crippen molar-refractivity contribution in [3.8, 4) is 10.6 Å². The van der Waals surface area contributed by atoms with Gasteiger partial charge in [0.2, 0.25) is 5.91 Å². The van der Waals surface area contributed by atoms with Crippen LogP contribution in [0, 0.1) is 0 Å². The minimum Gasteiger partial charge on any atom is -0.350 e.